The van der Waals surface area contributed by atoms with Gasteiger partial charge in [-0.15, -0.1) is 0 Å². The first-order valence-electron chi connectivity index (χ1n) is 4.65. The van der Waals surface area contributed by atoms with Crippen molar-refractivity contribution in [1.82, 2.24) is 0 Å². The number of unbranched alkanes of at least 4 members (excludes halogenated alkanes) is 3. The summed E-state index contributed by atoms with van der Waals surface area (Å²) in [6, 6.07) is 0. The van der Waals surface area contributed by atoms with Gasteiger partial charge in [0.15, 0.2) is 0 Å². The van der Waals surface area contributed by atoms with Gasteiger partial charge in [0.1, 0.15) is 0 Å². The van der Waals surface area contributed by atoms with Crippen molar-refractivity contribution in [3.8, 4) is 0 Å². The predicted octanol–water partition coefficient (Wildman–Crippen LogP) is 4.65. The first kappa shape index (κ1) is 11.2. The average Bonchev–Trinajstić information content (AvgIpc) is 2.01. The summed E-state index contributed by atoms with van der Waals surface area (Å²) >= 11 is 3.57. The van der Waals surface area contributed by atoms with Crippen LogP contribution in [0.15, 0.2) is 10.6 Å². The molecule has 0 aliphatic heterocycles. The third-order valence-electron chi connectivity index (χ3n) is 1.69. The highest BCUT2D eigenvalue weighted by atomic mass is 79.9. The molecule has 0 bridgehead atoms. The summed E-state index contributed by atoms with van der Waals surface area (Å²) in [6.45, 7) is 4.46. The molecule has 0 atom stereocenters. The highest BCUT2D eigenvalue weighted by Gasteiger charge is 1.89. The Morgan fingerprint density at radius 1 is 1.18 bits per heavy atom. The molecule has 0 radical (unpaired) electrons. The van der Waals surface area contributed by atoms with Gasteiger partial charge < -0.3 is 0 Å². The molecular formula is C10H19Br. The number of hydrogen-bond donors (Lipinski definition) is 0. The highest BCUT2D eigenvalue weighted by molar-refractivity contribution is 9.11. The van der Waals surface area contributed by atoms with Crippen molar-refractivity contribution in [3.63, 3.8) is 0 Å². The lowest BCUT2D eigenvalue weighted by molar-refractivity contribution is 0.789. The van der Waals surface area contributed by atoms with Gasteiger partial charge in [-0.2, -0.15) is 0 Å². The normalized spacial score (nSPS) is 12.1. The maximum absolute atomic E-state index is 3.57. The Hall–Kier alpha value is 0.220. The summed E-state index contributed by atoms with van der Waals surface area (Å²) in [5.41, 5.74) is 0. The van der Waals surface area contributed by atoms with E-state index in [2.05, 4.69) is 35.9 Å². The van der Waals surface area contributed by atoms with Crippen LogP contribution >= 0.6 is 15.9 Å². The summed E-state index contributed by atoms with van der Waals surface area (Å²) in [6.07, 6.45) is 9.99. The SMILES string of the molecule is CCCC/C=C(/Br)CCCC. The van der Waals surface area contributed by atoms with Crippen molar-refractivity contribution in [3.05, 3.63) is 10.6 Å². The van der Waals surface area contributed by atoms with E-state index in [9.17, 15) is 0 Å². The highest BCUT2D eigenvalue weighted by Crippen LogP contribution is 2.15. The number of hydrogen-bond acceptors (Lipinski definition) is 0. The third kappa shape index (κ3) is 8.12. The summed E-state index contributed by atoms with van der Waals surface area (Å²) in [4.78, 5) is 0. The minimum Gasteiger partial charge on any atom is -0.0744 e. The molecule has 0 unspecified atom stereocenters. The van der Waals surface area contributed by atoms with E-state index in [1.165, 1.54) is 43.0 Å². The summed E-state index contributed by atoms with van der Waals surface area (Å²) in [5, 5.41) is 0. The molecule has 0 aromatic rings. The second kappa shape index (κ2) is 8.32. The van der Waals surface area contributed by atoms with Crippen LogP contribution in [0.3, 0.4) is 0 Å². The van der Waals surface area contributed by atoms with E-state index in [-0.39, 0.29) is 0 Å². The minimum absolute atomic E-state index is 1.22. The van der Waals surface area contributed by atoms with Crippen LogP contribution in [0.2, 0.25) is 0 Å². The van der Waals surface area contributed by atoms with E-state index in [0.29, 0.717) is 0 Å². The van der Waals surface area contributed by atoms with Gasteiger partial charge in [0.25, 0.3) is 0 Å². The van der Waals surface area contributed by atoms with Crippen LogP contribution in [0.4, 0.5) is 0 Å². The van der Waals surface area contributed by atoms with Crippen LogP contribution in [-0.4, -0.2) is 0 Å². The molecule has 0 aliphatic rings. The molecule has 0 amide bonds. The smallest absolute Gasteiger partial charge is 0.00892 e. The second-order valence-electron chi connectivity index (χ2n) is 2.90. The predicted molar refractivity (Wildman–Crippen MR) is 56.1 cm³/mol. The van der Waals surface area contributed by atoms with E-state index in [4.69, 9.17) is 0 Å². The van der Waals surface area contributed by atoms with Crippen LogP contribution < -0.4 is 0 Å². The molecule has 0 rings (SSSR count). The van der Waals surface area contributed by atoms with Gasteiger partial charge in [-0.1, -0.05) is 55.1 Å². The zero-order chi connectivity index (χ0) is 8.53. The van der Waals surface area contributed by atoms with Crippen LogP contribution in [-0.2, 0) is 0 Å². The zero-order valence-electron chi connectivity index (χ0n) is 7.70. The van der Waals surface area contributed by atoms with E-state index in [1.807, 2.05) is 0 Å². The van der Waals surface area contributed by atoms with Crippen molar-refractivity contribution in [2.75, 3.05) is 0 Å². The van der Waals surface area contributed by atoms with Gasteiger partial charge in [0, 0.05) is 0 Å². The van der Waals surface area contributed by atoms with Gasteiger partial charge in [-0.25, -0.2) is 0 Å². The lowest BCUT2D eigenvalue weighted by Crippen LogP contribution is -1.75. The number of rotatable bonds is 6. The van der Waals surface area contributed by atoms with E-state index < -0.39 is 0 Å². The van der Waals surface area contributed by atoms with E-state index in [0.717, 1.165) is 0 Å². The Labute approximate surface area is 79.2 Å². The van der Waals surface area contributed by atoms with Crippen molar-refractivity contribution in [1.29, 1.82) is 0 Å². The Morgan fingerprint density at radius 3 is 2.36 bits per heavy atom. The second-order valence-corrected chi connectivity index (χ2v) is 3.92. The van der Waals surface area contributed by atoms with Gasteiger partial charge in [-0.3, -0.25) is 0 Å². The number of allylic oxidation sites excluding steroid dienone is 2. The molecule has 66 valence electrons. The first-order chi connectivity index (χ1) is 5.31. The Morgan fingerprint density at radius 2 is 1.82 bits per heavy atom. The quantitative estimate of drug-likeness (QED) is 0.570. The van der Waals surface area contributed by atoms with Gasteiger partial charge in [-0.05, 0) is 23.7 Å². The monoisotopic (exact) mass is 218 g/mol. The maximum Gasteiger partial charge on any atom is -0.00892 e. The average molecular weight is 219 g/mol. The van der Waals surface area contributed by atoms with E-state index in [1.54, 1.807) is 0 Å². The largest absolute Gasteiger partial charge is 0.0744 e. The molecule has 0 spiro atoms. The van der Waals surface area contributed by atoms with E-state index >= 15 is 0 Å². The number of halogens is 1. The van der Waals surface area contributed by atoms with Crippen LogP contribution in [0.5, 0.6) is 0 Å². The molecule has 0 nitrogen and oxygen atoms in total. The zero-order valence-corrected chi connectivity index (χ0v) is 9.28. The molecule has 0 N–H and O–H groups in total. The van der Waals surface area contributed by atoms with Crippen LogP contribution in [0.25, 0.3) is 0 Å². The lowest BCUT2D eigenvalue weighted by Gasteiger charge is -1.96. The van der Waals surface area contributed by atoms with Crippen molar-refractivity contribution >= 4 is 15.9 Å². The molecule has 0 aromatic heterocycles. The van der Waals surface area contributed by atoms with Crippen LogP contribution in [0, 0.1) is 0 Å². The summed E-state index contributed by atoms with van der Waals surface area (Å²) in [7, 11) is 0. The summed E-state index contributed by atoms with van der Waals surface area (Å²) in [5.74, 6) is 0. The molecule has 0 heterocycles. The Kier molecular flexibility index (Phi) is 8.48. The first-order valence-corrected chi connectivity index (χ1v) is 5.45. The fourth-order valence-corrected chi connectivity index (χ4v) is 1.42. The maximum atomic E-state index is 3.57. The lowest BCUT2D eigenvalue weighted by atomic mass is 10.2. The minimum atomic E-state index is 1.22. The molecule has 0 aliphatic carbocycles. The Bertz CT molecular complexity index is 105. The van der Waals surface area contributed by atoms with Gasteiger partial charge in [0.05, 0.1) is 0 Å². The molecule has 0 aromatic carbocycles. The van der Waals surface area contributed by atoms with Crippen molar-refractivity contribution in [2.45, 2.75) is 52.4 Å². The summed E-state index contributed by atoms with van der Waals surface area (Å²) < 4.78 is 1.40. The molecule has 1 heteroatoms. The molecule has 0 saturated carbocycles. The molecule has 0 fully saturated rings. The Balaban J connectivity index is 3.30. The van der Waals surface area contributed by atoms with Crippen molar-refractivity contribution in [2.24, 2.45) is 0 Å². The molecular weight excluding hydrogens is 200 g/mol. The standard InChI is InChI=1S/C10H19Br/c1-3-5-7-9-10(11)8-6-4-2/h9H,3-8H2,1-2H3/b10-9+. The molecule has 11 heavy (non-hydrogen) atoms. The topological polar surface area (TPSA) is 0 Å². The van der Waals surface area contributed by atoms with Gasteiger partial charge >= 0.3 is 0 Å². The molecule has 0 saturated heterocycles. The van der Waals surface area contributed by atoms with Crippen LogP contribution in [0.1, 0.15) is 52.4 Å². The third-order valence-corrected chi connectivity index (χ3v) is 2.41. The fraction of sp³-hybridized carbons (Fsp3) is 0.800. The van der Waals surface area contributed by atoms with Crippen molar-refractivity contribution < 1.29 is 0 Å². The fourth-order valence-electron chi connectivity index (χ4n) is 0.911. The van der Waals surface area contributed by atoms with Gasteiger partial charge in [0.2, 0.25) is 0 Å².